The fourth-order valence-corrected chi connectivity index (χ4v) is 3.40. The van der Waals surface area contributed by atoms with E-state index in [1.807, 2.05) is 6.20 Å². The number of nitrogens with one attached hydrogen (secondary N) is 1. The van der Waals surface area contributed by atoms with Crippen LogP contribution in [0, 0.1) is 0 Å². The van der Waals surface area contributed by atoms with Gasteiger partial charge in [-0.05, 0) is 25.5 Å². The third-order valence-corrected chi connectivity index (χ3v) is 4.78. The van der Waals surface area contributed by atoms with Crippen molar-refractivity contribution in [2.24, 2.45) is 0 Å². The van der Waals surface area contributed by atoms with Crippen LogP contribution < -0.4 is 5.32 Å². The molecule has 1 aromatic heterocycles. The van der Waals surface area contributed by atoms with Crippen molar-refractivity contribution in [2.45, 2.75) is 32.0 Å². The molecule has 3 nitrogen and oxygen atoms in total. The Labute approximate surface area is 124 Å². The Balaban J connectivity index is 1.74. The molecule has 1 fully saturated rings. The molecular formula is C16H21N3S. The van der Waals surface area contributed by atoms with Crippen LogP contribution in [0.5, 0.6) is 0 Å². The van der Waals surface area contributed by atoms with Gasteiger partial charge >= 0.3 is 0 Å². The first-order chi connectivity index (χ1) is 9.83. The molecule has 4 heteroatoms. The molecule has 0 bridgehead atoms. The van der Waals surface area contributed by atoms with Crippen LogP contribution in [0.15, 0.2) is 41.9 Å². The van der Waals surface area contributed by atoms with Gasteiger partial charge in [0, 0.05) is 30.2 Å². The fraction of sp³-hybridized carbons (Fsp3) is 0.438. The summed E-state index contributed by atoms with van der Waals surface area (Å²) in [6.07, 6.45) is 3.09. The first-order valence-corrected chi connectivity index (χ1v) is 8.11. The van der Waals surface area contributed by atoms with Gasteiger partial charge < -0.3 is 5.32 Å². The largest absolute Gasteiger partial charge is 0.309 e. The van der Waals surface area contributed by atoms with Crippen molar-refractivity contribution in [2.75, 3.05) is 13.1 Å². The smallest absolute Gasteiger partial charge is 0.107 e. The van der Waals surface area contributed by atoms with Crippen molar-refractivity contribution < 1.29 is 0 Å². The van der Waals surface area contributed by atoms with Crippen molar-refractivity contribution in [3.8, 4) is 0 Å². The number of hydrogen-bond donors (Lipinski definition) is 1. The minimum atomic E-state index is 0.418. The van der Waals surface area contributed by atoms with Crippen LogP contribution in [-0.2, 0) is 6.54 Å². The molecule has 2 atom stereocenters. The minimum Gasteiger partial charge on any atom is -0.309 e. The van der Waals surface area contributed by atoms with Crippen molar-refractivity contribution in [1.82, 2.24) is 15.2 Å². The monoisotopic (exact) mass is 287 g/mol. The third-order valence-electron chi connectivity index (χ3n) is 4.02. The molecule has 1 saturated heterocycles. The zero-order valence-corrected chi connectivity index (χ0v) is 12.6. The summed E-state index contributed by atoms with van der Waals surface area (Å²) in [7, 11) is 0. The van der Waals surface area contributed by atoms with E-state index in [0.29, 0.717) is 12.1 Å². The van der Waals surface area contributed by atoms with E-state index < -0.39 is 0 Å². The number of benzene rings is 1. The molecule has 20 heavy (non-hydrogen) atoms. The zero-order valence-electron chi connectivity index (χ0n) is 11.8. The highest BCUT2D eigenvalue weighted by Gasteiger charge is 2.24. The number of rotatable bonds is 3. The van der Waals surface area contributed by atoms with Gasteiger partial charge in [-0.1, -0.05) is 30.3 Å². The lowest BCUT2D eigenvalue weighted by atomic mass is 10.1. The summed E-state index contributed by atoms with van der Waals surface area (Å²) < 4.78 is 0. The highest BCUT2D eigenvalue weighted by Crippen LogP contribution is 2.22. The predicted octanol–water partition coefficient (Wildman–Crippen LogP) is 3.07. The third kappa shape index (κ3) is 3.26. The molecule has 2 aromatic rings. The second kappa shape index (κ2) is 6.48. The van der Waals surface area contributed by atoms with E-state index in [4.69, 9.17) is 0 Å². The average Bonchev–Trinajstić information content (AvgIpc) is 2.92. The van der Waals surface area contributed by atoms with E-state index >= 15 is 0 Å². The Morgan fingerprint density at radius 1 is 1.35 bits per heavy atom. The number of aromatic nitrogens is 1. The van der Waals surface area contributed by atoms with E-state index in [0.717, 1.165) is 19.6 Å². The summed E-state index contributed by atoms with van der Waals surface area (Å²) in [5.74, 6) is 0. The maximum atomic E-state index is 4.43. The molecule has 3 rings (SSSR count). The Morgan fingerprint density at radius 2 is 2.20 bits per heavy atom. The molecule has 2 heterocycles. The molecular weight excluding hydrogens is 266 g/mol. The van der Waals surface area contributed by atoms with E-state index in [2.05, 4.69) is 57.8 Å². The lowest BCUT2D eigenvalue weighted by Gasteiger charge is -2.28. The second-order valence-electron chi connectivity index (χ2n) is 5.41. The van der Waals surface area contributed by atoms with Crippen molar-refractivity contribution >= 4 is 11.3 Å². The Bertz CT molecular complexity index is 512. The highest BCUT2D eigenvalue weighted by atomic mass is 32.1. The average molecular weight is 287 g/mol. The molecule has 106 valence electrons. The molecule has 1 N–H and O–H groups in total. The number of hydrogen-bond acceptors (Lipinski definition) is 4. The van der Waals surface area contributed by atoms with Gasteiger partial charge in [-0.2, -0.15) is 0 Å². The van der Waals surface area contributed by atoms with Crippen LogP contribution in [0.25, 0.3) is 0 Å². The Kier molecular flexibility index (Phi) is 4.45. The van der Waals surface area contributed by atoms with Crippen molar-refractivity contribution in [3.05, 3.63) is 52.5 Å². The molecule has 1 aromatic carbocycles. The molecule has 0 amide bonds. The summed E-state index contributed by atoms with van der Waals surface area (Å²) in [6, 6.07) is 11.8. The molecule has 0 radical (unpaired) electrons. The van der Waals surface area contributed by atoms with Crippen LogP contribution in [0.2, 0.25) is 0 Å². The van der Waals surface area contributed by atoms with Gasteiger partial charge in [0.2, 0.25) is 0 Å². The lowest BCUT2D eigenvalue weighted by molar-refractivity contribution is 0.196. The van der Waals surface area contributed by atoms with Crippen molar-refractivity contribution in [1.29, 1.82) is 0 Å². The summed E-state index contributed by atoms with van der Waals surface area (Å²) in [5, 5.41) is 6.95. The topological polar surface area (TPSA) is 28.2 Å². The normalized spacial score (nSPS) is 24.4. The second-order valence-corrected chi connectivity index (χ2v) is 6.39. The van der Waals surface area contributed by atoms with Gasteiger partial charge in [0.15, 0.2) is 0 Å². The van der Waals surface area contributed by atoms with Crippen molar-refractivity contribution in [3.63, 3.8) is 0 Å². The number of thiazole rings is 1. The van der Waals surface area contributed by atoms with Gasteiger partial charge in [0.25, 0.3) is 0 Å². The Morgan fingerprint density at radius 3 is 2.95 bits per heavy atom. The highest BCUT2D eigenvalue weighted by molar-refractivity contribution is 7.09. The predicted molar refractivity (Wildman–Crippen MR) is 83.8 cm³/mol. The standard InChI is InChI=1S/C16H21N3S/c1-13-7-8-17-15(14-5-3-2-4-6-14)11-19(13)12-16-18-9-10-20-16/h2-6,9-10,13,15,17H,7-8,11-12H2,1H3. The van der Waals surface area contributed by atoms with Gasteiger partial charge in [-0.3, -0.25) is 4.90 Å². The first-order valence-electron chi connectivity index (χ1n) is 7.23. The molecule has 0 aliphatic carbocycles. The quantitative estimate of drug-likeness (QED) is 0.940. The summed E-state index contributed by atoms with van der Waals surface area (Å²) >= 11 is 1.75. The van der Waals surface area contributed by atoms with Gasteiger partial charge in [-0.15, -0.1) is 11.3 Å². The lowest BCUT2D eigenvalue weighted by Crippen LogP contribution is -2.35. The summed E-state index contributed by atoms with van der Waals surface area (Å²) in [5.41, 5.74) is 1.38. The molecule has 1 aliphatic rings. The van der Waals surface area contributed by atoms with Crippen LogP contribution in [0.3, 0.4) is 0 Å². The summed E-state index contributed by atoms with van der Waals surface area (Å²) in [4.78, 5) is 6.98. The van der Waals surface area contributed by atoms with E-state index in [9.17, 15) is 0 Å². The summed E-state index contributed by atoms with van der Waals surface area (Å²) in [6.45, 7) is 5.41. The van der Waals surface area contributed by atoms with Gasteiger partial charge in [-0.25, -0.2) is 4.98 Å². The van der Waals surface area contributed by atoms with Gasteiger partial charge in [0.1, 0.15) is 5.01 Å². The first kappa shape index (κ1) is 13.7. The van der Waals surface area contributed by atoms with Gasteiger partial charge in [0.05, 0.1) is 6.54 Å². The fourth-order valence-electron chi connectivity index (χ4n) is 2.76. The molecule has 2 unspecified atom stereocenters. The zero-order chi connectivity index (χ0) is 13.8. The maximum absolute atomic E-state index is 4.43. The minimum absolute atomic E-state index is 0.418. The Hall–Kier alpha value is -1.23. The maximum Gasteiger partial charge on any atom is 0.107 e. The number of nitrogens with zero attached hydrogens (tertiary/aromatic N) is 2. The molecule has 0 spiro atoms. The van der Waals surface area contributed by atoms with Crippen LogP contribution in [0.4, 0.5) is 0 Å². The molecule has 0 saturated carbocycles. The van der Waals surface area contributed by atoms with E-state index in [1.54, 1.807) is 11.3 Å². The van der Waals surface area contributed by atoms with Crippen LogP contribution in [0.1, 0.15) is 30.0 Å². The van der Waals surface area contributed by atoms with Crippen LogP contribution in [-0.4, -0.2) is 29.0 Å². The SMILES string of the molecule is CC1CCNC(c2ccccc2)CN1Cc1nccs1. The van der Waals surface area contributed by atoms with E-state index in [1.165, 1.54) is 17.0 Å². The van der Waals surface area contributed by atoms with E-state index in [-0.39, 0.29) is 0 Å². The molecule has 1 aliphatic heterocycles. The van der Waals surface area contributed by atoms with Crippen LogP contribution >= 0.6 is 11.3 Å².